The number of anilines is 2. The number of thiazole rings is 1. The Balaban J connectivity index is 2.38. The summed E-state index contributed by atoms with van der Waals surface area (Å²) in [6.07, 6.45) is 1.49. The standard InChI is InChI=1S/C21H23N7O3S/c1-4-28-20(31)17(32-21(28)16(11-23)19(30)24-9-8-22)12-25-14-6-5-7-15(10-14)26-18(29)13-27(2)3/h5-7,10,12,25H,4,9,13H2,1-3H3,(H,24,30)(H,26,29). The van der Waals surface area contributed by atoms with Crippen molar-refractivity contribution in [3.63, 3.8) is 0 Å². The van der Waals surface area contributed by atoms with Crippen LogP contribution in [0.3, 0.4) is 0 Å². The van der Waals surface area contributed by atoms with Crippen molar-refractivity contribution in [1.82, 2.24) is 14.8 Å². The van der Waals surface area contributed by atoms with Crippen molar-refractivity contribution < 1.29 is 9.59 Å². The van der Waals surface area contributed by atoms with E-state index in [1.54, 1.807) is 56.3 Å². The van der Waals surface area contributed by atoms with E-state index in [-0.39, 0.29) is 41.3 Å². The topological polar surface area (TPSA) is 143 Å². The molecule has 2 rings (SSSR count). The van der Waals surface area contributed by atoms with Gasteiger partial charge in [0.15, 0.2) is 5.57 Å². The fourth-order valence-corrected chi connectivity index (χ4v) is 3.81. The molecule has 0 saturated carbocycles. The summed E-state index contributed by atoms with van der Waals surface area (Å²) >= 11 is 1.000. The van der Waals surface area contributed by atoms with Crippen molar-refractivity contribution in [3.8, 4) is 12.1 Å². The molecular weight excluding hydrogens is 430 g/mol. The SMILES string of the molecule is CCn1c(=C(C#N)C(=O)NCC#N)sc(=CNc2cccc(NC(=O)CN(C)C)c2)c1=O. The lowest BCUT2D eigenvalue weighted by molar-refractivity contribution is -0.117. The highest BCUT2D eigenvalue weighted by Gasteiger charge is 2.14. The van der Waals surface area contributed by atoms with Crippen LogP contribution in [0.15, 0.2) is 29.1 Å². The summed E-state index contributed by atoms with van der Waals surface area (Å²) in [7, 11) is 3.60. The van der Waals surface area contributed by atoms with Crippen LogP contribution in [0.4, 0.5) is 11.4 Å². The van der Waals surface area contributed by atoms with E-state index < -0.39 is 5.91 Å². The first-order valence-electron chi connectivity index (χ1n) is 9.61. The minimum absolute atomic E-state index is 0.154. The molecule has 0 radical (unpaired) electrons. The molecule has 1 heterocycles. The highest BCUT2D eigenvalue weighted by atomic mass is 32.1. The maximum absolute atomic E-state index is 12.7. The van der Waals surface area contributed by atoms with Crippen LogP contribution in [0, 0.1) is 22.7 Å². The molecule has 1 aromatic carbocycles. The van der Waals surface area contributed by atoms with Gasteiger partial charge in [-0.1, -0.05) is 6.07 Å². The van der Waals surface area contributed by atoms with Gasteiger partial charge >= 0.3 is 0 Å². The van der Waals surface area contributed by atoms with Gasteiger partial charge in [0, 0.05) is 24.1 Å². The lowest BCUT2D eigenvalue weighted by atomic mass is 10.2. The number of rotatable bonds is 8. The molecule has 0 spiro atoms. The van der Waals surface area contributed by atoms with Crippen LogP contribution < -0.4 is 30.7 Å². The molecule has 2 aromatic rings. The molecule has 0 bridgehead atoms. The Kier molecular flexibility index (Phi) is 8.72. The molecule has 32 heavy (non-hydrogen) atoms. The number of amides is 2. The first-order valence-corrected chi connectivity index (χ1v) is 10.4. The number of hydrogen-bond acceptors (Lipinski definition) is 8. The highest BCUT2D eigenvalue weighted by Crippen LogP contribution is 2.15. The Bertz CT molecular complexity index is 1260. The van der Waals surface area contributed by atoms with Crippen LogP contribution in [0.1, 0.15) is 6.92 Å². The summed E-state index contributed by atoms with van der Waals surface area (Å²) in [6, 6.07) is 10.6. The van der Waals surface area contributed by atoms with E-state index in [2.05, 4.69) is 16.0 Å². The Hall–Kier alpha value is -3.93. The van der Waals surface area contributed by atoms with Crippen molar-refractivity contribution in [2.75, 3.05) is 37.8 Å². The van der Waals surface area contributed by atoms with Crippen molar-refractivity contribution in [2.24, 2.45) is 0 Å². The summed E-state index contributed by atoms with van der Waals surface area (Å²) in [4.78, 5) is 38.6. The third-order valence-electron chi connectivity index (χ3n) is 4.08. The van der Waals surface area contributed by atoms with E-state index in [1.807, 2.05) is 6.07 Å². The van der Waals surface area contributed by atoms with Gasteiger partial charge in [0.2, 0.25) is 5.91 Å². The zero-order valence-electron chi connectivity index (χ0n) is 17.9. The van der Waals surface area contributed by atoms with Crippen molar-refractivity contribution in [1.29, 1.82) is 10.5 Å². The molecule has 0 saturated heterocycles. The number of nitriles is 2. The molecular formula is C21H23N7O3S. The normalized spacial score (nSPS) is 12.0. The summed E-state index contributed by atoms with van der Waals surface area (Å²) < 4.78 is 1.85. The monoisotopic (exact) mass is 453 g/mol. The number of benzene rings is 1. The van der Waals surface area contributed by atoms with E-state index in [0.717, 1.165) is 11.3 Å². The Morgan fingerprint density at radius 1 is 1.25 bits per heavy atom. The molecule has 10 nitrogen and oxygen atoms in total. The summed E-state index contributed by atoms with van der Waals surface area (Å²) in [5.74, 6) is -0.864. The van der Waals surface area contributed by atoms with Crippen molar-refractivity contribution >= 4 is 46.3 Å². The highest BCUT2D eigenvalue weighted by molar-refractivity contribution is 7.07. The summed E-state index contributed by atoms with van der Waals surface area (Å²) in [6.45, 7) is 2.01. The minimum atomic E-state index is -0.710. The van der Waals surface area contributed by atoms with Crippen LogP contribution in [0.2, 0.25) is 0 Å². The van der Waals surface area contributed by atoms with Crippen LogP contribution in [0.25, 0.3) is 11.8 Å². The largest absolute Gasteiger partial charge is 0.360 e. The zero-order chi connectivity index (χ0) is 23.7. The van der Waals surface area contributed by atoms with Gasteiger partial charge in [0.05, 0.1) is 12.6 Å². The third-order valence-corrected chi connectivity index (χ3v) is 5.21. The zero-order valence-corrected chi connectivity index (χ0v) is 18.7. The maximum atomic E-state index is 12.7. The molecule has 0 aliphatic heterocycles. The lowest BCUT2D eigenvalue weighted by Crippen LogP contribution is -2.34. The molecule has 0 aliphatic carbocycles. The minimum Gasteiger partial charge on any atom is -0.360 e. The number of carbonyl (C=O) groups is 2. The van der Waals surface area contributed by atoms with Crippen LogP contribution in [0.5, 0.6) is 0 Å². The smallest absolute Gasteiger partial charge is 0.270 e. The van der Waals surface area contributed by atoms with E-state index in [1.165, 1.54) is 10.8 Å². The molecule has 0 fully saturated rings. The van der Waals surface area contributed by atoms with Crippen LogP contribution >= 0.6 is 11.3 Å². The van der Waals surface area contributed by atoms with E-state index >= 15 is 0 Å². The molecule has 11 heteroatoms. The first kappa shape index (κ1) is 24.3. The van der Waals surface area contributed by atoms with Gasteiger partial charge in [0.25, 0.3) is 11.5 Å². The van der Waals surface area contributed by atoms with Gasteiger partial charge in [-0.25, -0.2) is 0 Å². The average molecular weight is 454 g/mol. The Morgan fingerprint density at radius 2 is 1.97 bits per heavy atom. The molecule has 0 aliphatic rings. The predicted molar refractivity (Wildman–Crippen MR) is 123 cm³/mol. The average Bonchev–Trinajstić information content (AvgIpc) is 3.06. The Labute approximate surface area is 188 Å². The number of nitrogens with one attached hydrogen (secondary N) is 3. The predicted octanol–water partition coefficient (Wildman–Crippen LogP) is -0.406. The van der Waals surface area contributed by atoms with Crippen molar-refractivity contribution in [2.45, 2.75) is 13.5 Å². The molecule has 0 unspecified atom stereocenters. The van der Waals surface area contributed by atoms with E-state index in [4.69, 9.17) is 5.26 Å². The number of hydrogen-bond donors (Lipinski definition) is 3. The van der Waals surface area contributed by atoms with E-state index in [0.29, 0.717) is 15.9 Å². The second kappa shape index (κ2) is 11.5. The molecule has 1 aromatic heterocycles. The fourth-order valence-electron chi connectivity index (χ4n) is 2.72. The van der Waals surface area contributed by atoms with Gasteiger partial charge in [-0.05, 0) is 39.2 Å². The number of aromatic nitrogens is 1. The Morgan fingerprint density at radius 3 is 2.59 bits per heavy atom. The lowest BCUT2D eigenvalue weighted by Gasteiger charge is -2.10. The van der Waals surface area contributed by atoms with Gasteiger partial charge in [0.1, 0.15) is 21.8 Å². The number of likely N-dealkylation sites (N-methyl/N-ethyl adjacent to an activating group) is 1. The van der Waals surface area contributed by atoms with Gasteiger partial charge in [-0.3, -0.25) is 19.0 Å². The molecule has 0 atom stereocenters. The van der Waals surface area contributed by atoms with Gasteiger partial charge in [-0.2, -0.15) is 10.5 Å². The summed E-state index contributed by atoms with van der Waals surface area (Å²) in [5.41, 5.74) is 0.661. The van der Waals surface area contributed by atoms with Gasteiger partial charge in [-0.15, -0.1) is 11.3 Å². The van der Waals surface area contributed by atoms with E-state index in [9.17, 15) is 19.6 Å². The van der Waals surface area contributed by atoms with Crippen LogP contribution in [-0.4, -0.2) is 48.5 Å². The molecule has 166 valence electrons. The molecule has 3 N–H and O–H groups in total. The number of carbonyl (C=O) groups excluding carboxylic acids is 2. The van der Waals surface area contributed by atoms with Crippen molar-refractivity contribution in [3.05, 3.63) is 43.8 Å². The van der Waals surface area contributed by atoms with Crippen LogP contribution in [-0.2, 0) is 16.1 Å². The second-order valence-electron chi connectivity index (χ2n) is 6.80. The first-order chi connectivity index (χ1) is 15.3. The maximum Gasteiger partial charge on any atom is 0.270 e. The molecule has 2 amide bonds. The third kappa shape index (κ3) is 6.28. The second-order valence-corrected chi connectivity index (χ2v) is 7.83. The summed E-state index contributed by atoms with van der Waals surface area (Å²) in [5, 5.41) is 26.2. The quantitative estimate of drug-likeness (QED) is 0.461. The fraction of sp³-hybridized carbons (Fsp3) is 0.286. The number of nitrogens with zero attached hydrogens (tertiary/aromatic N) is 4. The van der Waals surface area contributed by atoms with Gasteiger partial charge < -0.3 is 20.9 Å².